The Labute approximate surface area is 133 Å². The first kappa shape index (κ1) is 16.0. The SMILES string of the molecule is C=C(C)C[C@](C)(CCC)c1cc(-c2cccc(C)c2)cs1. The van der Waals surface area contributed by atoms with Crippen LogP contribution in [0.25, 0.3) is 11.1 Å². The highest BCUT2D eigenvalue weighted by atomic mass is 32.1. The molecule has 1 aromatic heterocycles. The first-order valence-electron chi connectivity index (χ1n) is 7.75. The van der Waals surface area contributed by atoms with Crippen LogP contribution in [0.5, 0.6) is 0 Å². The molecule has 1 atom stereocenters. The summed E-state index contributed by atoms with van der Waals surface area (Å²) in [5, 5.41) is 2.30. The Hall–Kier alpha value is -1.34. The van der Waals surface area contributed by atoms with Gasteiger partial charge in [0, 0.05) is 10.3 Å². The number of hydrogen-bond donors (Lipinski definition) is 0. The number of rotatable bonds is 6. The number of thiophene rings is 1. The van der Waals surface area contributed by atoms with Gasteiger partial charge in [0.25, 0.3) is 0 Å². The van der Waals surface area contributed by atoms with Gasteiger partial charge in [-0.25, -0.2) is 0 Å². The first-order valence-corrected chi connectivity index (χ1v) is 8.63. The van der Waals surface area contributed by atoms with Crippen LogP contribution in [-0.4, -0.2) is 0 Å². The summed E-state index contributed by atoms with van der Waals surface area (Å²) < 4.78 is 0. The Morgan fingerprint density at radius 2 is 2.00 bits per heavy atom. The zero-order valence-electron chi connectivity index (χ0n) is 13.7. The van der Waals surface area contributed by atoms with Gasteiger partial charge in [0.15, 0.2) is 0 Å². The third-order valence-corrected chi connectivity index (χ3v) is 5.28. The van der Waals surface area contributed by atoms with Gasteiger partial charge in [-0.15, -0.1) is 17.9 Å². The second kappa shape index (κ2) is 6.62. The van der Waals surface area contributed by atoms with E-state index in [1.54, 1.807) is 0 Å². The number of allylic oxidation sites excluding steroid dienone is 1. The van der Waals surface area contributed by atoms with Crippen molar-refractivity contribution in [2.24, 2.45) is 0 Å². The quantitative estimate of drug-likeness (QED) is 0.517. The summed E-state index contributed by atoms with van der Waals surface area (Å²) in [5.41, 5.74) is 5.50. The molecule has 0 amide bonds. The molecular formula is C20H26S. The second-order valence-electron chi connectivity index (χ2n) is 6.51. The van der Waals surface area contributed by atoms with Crippen molar-refractivity contribution in [2.45, 2.75) is 52.4 Å². The molecule has 2 aromatic rings. The maximum atomic E-state index is 4.13. The normalized spacial score (nSPS) is 13.9. The van der Waals surface area contributed by atoms with Crippen molar-refractivity contribution in [1.82, 2.24) is 0 Å². The minimum Gasteiger partial charge on any atom is -0.148 e. The summed E-state index contributed by atoms with van der Waals surface area (Å²) in [5.74, 6) is 0. The molecule has 0 aliphatic rings. The predicted molar refractivity (Wildman–Crippen MR) is 96.2 cm³/mol. The van der Waals surface area contributed by atoms with E-state index in [2.05, 4.69) is 70.0 Å². The molecule has 0 radical (unpaired) electrons. The number of hydrogen-bond acceptors (Lipinski definition) is 1. The Kier molecular flexibility index (Phi) is 5.05. The molecule has 0 aliphatic carbocycles. The lowest BCUT2D eigenvalue weighted by Gasteiger charge is -2.28. The summed E-state index contributed by atoms with van der Waals surface area (Å²) in [4.78, 5) is 1.49. The van der Waals surface area contributed by atoms with Crippen LogP contribution in [0.2, 0.25) is 0 Å². The second-order valence-corrected chi connectivity index (χ2v) is 7.42. The van der Waals surface area contributed by atoms with E-state index in [-0.39, 0.29) is 5.41 Å². The lowest BCUT2D eigenvalue weighted by molar-refractivity contribution is 0.433. The predicted octanol–water partition coefficient (Wildman–Crippen LogP) is 6.75. The van der Waals surface area contributed by atoms with Crippen LogP contribution < -0.4 is 0 Å². The maximum Gasteiger partial charge on any atom is 0.0114 e. The van der Waals surface area contributed by atoms with Gasteiger partial charge in [-0.05, 0) is 49.3 Å². The van der Waals surface area contributed by atoms with Crippen molar-refractivity contribution < 1.29 is 0 Å². The highest BCUT2D eigenvalue weighted by Crippen LogP contribution is 2.40. The van der Waals surface area contributed by atoms with Gasteiger partial charge in [0.05, 0.1) is 0 Å². The van der Waals surface area contributed by atoms with Crippen LogP contribution in [0.1, 0.15) is 50.5 Å². The fraction of sp³-hybridized carbons (Fsp3) is 0.400. The van der Waals surface area contributed by atoms with Crippen LogP contribution in [0.15, 0.2) is 47.9 Å². The minimum atomic E-state index is 0.229. The van der Waals surface area contributed by atoms with Gasteiger partial charge in [-0.2, -0.15) is 0 Å². The Morgan fingerprint density at radius 3 is 2.62 bits per heavy atom. The van der Waals surface area contributed by atoms with E-state index < -0.39 is 0 Å². The molecule has 1 heterocycles. The zero-order valence-corrected chi connectivity index (χ0v) is 14.5. The number of aryl methyl sites for hydroxylation is 1. The molecule has 112 valence electrons. The van der Waals surface area contributed by atoms with Gasteiger partial charge >= 0.3 is 0 Å². The fourth-order valence-corrected chi connectivity index (χ4v) is 4.26. The van der Waals surface area contributed by atoms with Crippen LogP contribution in [0.4, 0.5) is 0 Å². The van der Waals surface area contributed by atoms with Crippen molar-refractivity contribution in [3.05, 3.63) is 58.3 Å². The average molecular weight is 298 g/mol. The highest BCUT2D eigenvalue weighted by molar-refractivity contribution is 7.10. The summed E-state index contributed by atoms with van der Waals surface area (Å²) >= 11 is 1.90. The Morgan fingerprint density at radius 1 is 1.24 bits per heavy atom. The molecule has 1 heteroatoms. The summed E-state index contributed by atoms with van der Waals surface area (Å²) in [6.45, 7) is 13.1. The van der Waals surface area contributed by atoms with E-state index >= 15 is 0 Å². The lowest BCUT2D eigenvalue weighted by Crippen LogP contribution is -2.20. The van der Waals surface area contributed by atoms with E-state index in [0.717, 1.165) is 6.42 Å². The van der Waals surface area contributed by atoms with Crippen molar-refractivity contribution in [2.75, 3.05) is 0 Å². The molecule has 0 bridgehead atoms. The van der Waals surface area contributed by atoms with E-state index in [1.165, 1.54) is 40.0 Å². The molecular weight excluding hydrogens is 272 g/mol. The van der Waals surface area contributed by atoms with E-state index in [9.17, 15) is 0 Å². The fourth-order valence-electron chi connectivity index (χ4n) is 3.15. The largest absolute Gasteiger partial charge is 0.148 e. The van der Waals surface area contributed by atoms with Gasteiger partial charge in [0.2, 0.25) is 0 Å². The van der Waals surface area contributed by atoms with Crippen LogP contribution in [-0.2, 0) is 5.41 Å². The monoisotopic (exact) mass is 298 g/mol. The molecule has 1 aromatic carbocycles. The topological polar surface area (TPSA) is 0 Å². The van der Waals surface area contributed by atoms with E-state index in [1.807, 2.05) is 11.3 Å². The maximum absolute atomic E-state index is 4.13. The number of benzene rings is 1. The van der Waals surface area contributed by atoms with Crippen molar-refractivity contribution in [3.8, 4) is 11.1 Å². The zero-order chi connectivity index (χ0) is 15.5. The summed E-state index contributed by atoms with van der Waals surface area (Å²) in [7, 11) is 0. The van der Waals surface area contributed by atoms with Gasteiger partial charge < -0.3 is 0 Å². The van der Waals surface area contributed by atoms with E-state index in [0.29, 0.717) is 0 Å². The summed E-state index contributed by atoms with van der Waals surface area (Å²) in [6, 6.07) is 11.1. The molecule has 0 saturated carbocycles. The van der Waals surface area contributed by atoms with Gasteiger partial charge in [-0.1, -0.05) is 55.7 Å². The molecule has 2 rings (SSSR count). The molecule has 0 fully saturated rings. The van der Waals surface area contributed by atoms with Crippen molar-refractivity contribution >= 4 is 11.3 Å². The lowest BCUT2D eigenvalue weighted by atomic mass is 9.78. The highest BCUT2D eigenvalue weighted by Gasteiger charge is 2.27. The third-order valence-electron chi connectivity index (χ3n) is 4.04. The molecule has 0 aliphatic heterocycles. The smallest absolute Gasteiger partial charge is 0.0114 e. The van der Waals surface area contributed by atoms with Crippen LogP contribution in [0.3, 0.4) is 0 Å². The van der Waals surface area contributed by atoms with Crippen molar-refractivity contribution in [1.29, 1.82) is 0 Å². The minimum absolute atomic E-state index is 0.229. The summed E-state index contributed by atoms with van der Waals surface area (Å²) in [6.07, 6.45) is 3.50. The molecule has 0 nitrogen and oxygen atoms in total. The molecule has 0 saturated heterocycles. The third kappa shape index (κ3) is 3.85. The van der Waals surface area contributed by atoms with E-state index in [4.69, 9.17) is 0 Å². The van der Waals surface area contributed by atoms with Crippen LogP contribution >= 0.6 is 11.3 Å². The standard InChI is InChI=1S/C20H26S/c1-6-10-20(5,13-15(2)3)19-12-18(14-21-19)17-9-7-8-16(4)11-17/h7-9,11-12,14H,2,6,10,13H2,1,3-5H3/t20-/m0/s1. The van der Waals surface area contributed by atoms with Gasteiger partial charge in [-0.3, -0.25) is 0 Å². The molecule has 0 spiro atoms. The molecule has 0 unspecified atom stereocenters. The molecule has 21 heavy (non-hydrogen) atoms. The Balaban J connectivity index is 2.34. The average Bonchev–Trinajstić information content (AvgIpc) is 2.88. The molecule has 0 N–H and O–H groups in total. The Bertz CT molecular complexity index is 620. The van der Waals surface area contributed by atoms with Crippen LogP contribution in [0, 0.1) is 6.92 Å². The first-order chi connectivity index (χ1) is 9.94. The van der Waals surface area contributed by atoms with Gasteiger partial charge in [0.1, 0.15) is 0 Å². The van der Waals surface area contributed by atoms with Crippen molar-refractivity contribution in [3.63, 3.8) is 0 Å².